The normalized spacial score (nSPS) is 29.5. The predicted octanol–water partition coefficient (Wildman–Crippen LogP) is 5.69. The van der Waals surface area contributed by atoms with Gasteiger partial charge in [0.1, 0.15) is 0 Å². The van der Waals surface area contributed by atoms with Crippen molar-refractivity contribution in [3.05, 3.63) is 73.3 Å². The van der Waals surface area contributed by atoms with Gasteiger partial charge in [-0.3, -0.25) is 0 Å². The van der Waals surface area contributed by atoms with Crippen molar-refractivity contribution in [3.63, 3.8) is 0 Å². The third kappa shape index (κ3) is 4.27. The van der Waals surface area contributed by atoms with Crippen molar-refractivity contribution in [1.82, 2.24) is 0 Å². The summed E-state index contributed by atoms with van der Waals surface area (Å²) in [6.45, 7) is 18.2. The molecular weight excluding hydrogens is 424 g/mol. The molecule has 3 nitrogen and oxygen atoms in total. The van der Waals surface area contributed by atoms with E-state index in [1.165, 1.54) is 10.4 Å². The predicted molar refractivity (Wildman–Crippen MR) is 138 cm³/mol. The van der Waals surface area contributed by atoms with Gasteiger partial charge < -0.3 is 13.9 Å². The van der Waals surface area contributed by atoms with Crippen LogP contribution in [0.5, 0.6) is 0 Å². The molecule has 0 aromatic heterocycles. The molecule has 4 atom stereocenters. The van der Waals surface area contributed by atoms with Crippen LogP contribution in [0.1, 0.15) is 54.4 Å². The molecular formula is C29H40O3Si. The molecule has 0 aliphatic carbocycles. The lowest BCUT2D eigenvalue weighted by molar-refractivity contribution is -0.252. The summed E-state index contributed by atoms with van der Waals surface area (Å²) in [5.41, 5.74) is -0.159. The molecule has 0 radical (unpaired) electrons. The molecule has 178 valence electrons. The van der Waals surface area contributed by atoms with Crippen LogP contribution in [-0.4, -0.2) is 32.4 Å². The van der Waals surface area contributed by atoms with Crippen LogP contribution < -0.4 is 10.4 Å². The van der Waals surface area contributed by atoms with Crippen LogP contribution >= 0.6 is 0 Å². The standard InChI is InChI=1S/C29H40O3Si/c1-8-25-22(2)29(20-19-28(6,7)32-29)31-26(25)21-30-33(27(3,4)5,23-15-11-9-12-16-23)24-17-13-10-14-18-24/h8-18,22,25-26H,1,19-21H2,2-7H3/t22-,25+,26+,29-/m1/s1. The molecule has 1 spiro atoms. The molecule has 4 heteroatoms. The second-order valence-corrected chi connectivity index (χ2v) is 15.7. The Hall–Kier alpha value is -1.72. The summed E-state index contributed by atoms with van der Waals surface area (Å²) in [6.07, 6.45) is 3.89. The van der Waals surface area contributed by atoms with E-state index in [1.807, 2.05) is 6.08 Å². The van der Waals surface area contributed by atoms with Crippen molar-refractivity contribution in [2.75, 3.05) is 6.61 Å². The highest BCUT2D eigenvalue weighted by Gasteiger charge is 2.59. The van der Waals surface area contributed by atoms with Gasteiger partial charge in [0.05, 0.1) is 18.3 Å². The highest BCUT2D eigenvalue weighted by atomic mass is 28.4. The minimum atomic E-state index is -2.62. The Morgan fingerprint density at radius 3 is 1.97 bits per heavy atom. The van der Waals surface area contributed by atoms with Gasteiger partial charge >= 0.3 is 0 Å². The summed E-state index contributed by atoms with van der Waals surface area (Å²) < 4.78 is 20.5. The maximum absolute atomic E-state index is 7.20. The first-order valence-electron chi connectivity index (χ1n) is 12.3. The Balaban J connectivity index is 1.70. The molecule has 4 rings (SSSR count). The second kappa shape index (κ2) is 8.81. The van der Waals surface area contributed by atoms with Gasteiger partial charge in [-0.15, -0.1) is 6.58 Å². The van der Waals surface area contributed by atoms with Crippen molar-refractivity contribution in [2.24, 2.45) is 11.8 Å². The average Bonchev–Trinajstić information content (AvgIpc) is 3.23. The molecule has 2 fully saturated rings. The van der Waals surface area contributed by atoms with E-state index in [-0.39, 0.29) is 28.6 Å². The first-order valence-corrected chi connectivity index (χ1v) is 14.2. The van der Waals surface area contributed by atoms with E-state index in [4.69, 9.17) is 13.9 Å². The van der Waals surface area contributed by atoms with E-state index < -0.39 is 14.1 Å². The molecule has 33 heavy (non-hydrogen) atoms. The van der Waals surface area contributed by atoms with Gasteiger partial charge in [0.15, 0.2) is 5.79 Å². The van der Waals surface area contributed by atoms with Crippen molar-refractivity contribution in [1.29, 1.82) is 0 Å². The van der Waals surface area contributed by atoms with Crippen molar-refractivity contribution in [2.45, 2.75) is 76.9 Å². The topological polar surface area (TPSA) is 27.7 Å². The Morgan fingerprint density at radius 1 is 1.00 bits per heavy atom. The van der Waals surface area contributed by atoms with Gasteiger partial charge in [-0.05, 0) is 35.7 Å². The fourth-order valence-corrected chi connectivity index (χ4v) is 10.5. The van der Waals surface area contributed by atoms with Crippen LogP contribution in [-0.2, 0) is 13.9 Å². The van der Waals surface area contributed by atoms with Gasteiger partial charge in [-0.1, -0.05) is 94.4 Å². The molecule has 2 saturated heterocycles. The summed E-state index contributed by atoms with van der Waals surface area (Å²) >= 11 is 0. The number of rotatable bonds is 6. The highest BCUT2D eigenvalue weighted by molar-refractivity contribution is 6.99. The smallest absolute Gasteiger partial charge is 0.261 e. The zero-order valence-corrected chi connectivity index (χ0v) is 22.1. The van der Waals surface area contributed by atoms with Gasteiger partial charge in [-0.2, -0.15) is 0 Å². The summed E-state index contributed by atoms with van der Waals surface area (Å²) in [5.74, 6) is -0.108. The molecule has 0 N–H and O–H groups in total. The van der Waals surface area contributed by atoms with E-state index >= 15 is 0 Å². The Morgan fingerprint density at radius 2 is 1.55 bits per heavy atom. The van der Waals surface area contributed by atoms with Crippen molar-refractivity contribution >= 4 is 18.7 Å². The highest BCUT2D eigenvalue weighted by Crippen LogP contribution is 2.52. The Bertz CT molecular complexity index is 910. The van der Waals surface area contributed by atoms with Crippen LogP contribution in [0, 0.1) is 11.8 Å². The van der Waals surface area contributed by atoms with Crippen LogP contribution in [0.3, 0.4) is 0 Å². The molecule has 0 bridgehead atoms. The molecule has 0 saturated carbocycles. The zero-order chi connectivity index (χ0) is 23.9. The number of benzene rings is 2. The monoisotopic (exact) mass is 464 g/mol. The second-order valence-electron chi connectivity index (χ2n) is 11.4. The molecule has 2 aromatic carbocycles. The quantitative estimate of drug-likeness (QED) is 0.406. The van der Waals surface area contributed by atoms with Crippen LogP contribution in [0.2, 0.25) is 5.04 Å². The van der Waals surface area contributed by atoms with Crippen LogP contribution in [0.25, 0.3) is 0 Å². The first kappa shape index (κ1) is 24.4. The zero-order valence-electron chi connectivity index (χ0n) is 21.1. The van der Waals surface area contributed by atoms with E-state index in [0.717, 1.165) is 12.8 Å². The minimum Gasteiger partial charge on any atom is -0.405 e. The van der Waals surface area contributed by atoms with Crippen LogP contribution in [0.15, 0.2) is 73.3 Å². The maximum Gasteiger partial charge on any atom is 0.261 e. The van der Waals surface area contributed by atoms with Crippen molar-refractivity contribution < 1.29 is 13.9 Å². The number of hydrogen-bond donors (Lipinski definition) is 0. The summed E-state index contributed by atoms with van der Waals surface area (Å²) in [5, 5.41) is 2.52. The summed E-state index contributed by atoms with van der Waals surface area (Å²) in [4.78, 5) is 0. The maximum atomic E-state index is 7.20. The lowest BCUT2D eigenvalue weighted by atomic mass is 9.85. The first-order chi connectivity index (χ1) is 15.5. The molecule has 2 aliphatic rings. The molecule has 2 aromatic rings. The van der Waals surface area contributed by atoms with Gasteiger partial charge in [-0.25, -0.2) is 0 Å². The van der Waals surface area contributed by atoms with E-state index in [0.29, 0.717) is 6.61 Å². The summed E-state index contributed by atoms with van der Waals surface area (Å²) in [6, 6.07) is 21.6. The van der Waals surface area contributed by atoms with Crippen LogP contribution in [0.4, 0.5) is 0 Å². The third-order valence-corrected chi connectivity index (χ3v) is 12.7. The minimum absolute atomic E-state index is 0.0624. The molecule has 2 aliphatic heterocycles. The molecule has 0 amide bonds. The SMILES string of the molecule is C=C[C@@H]1[C@H](CO[Si](c2ccccc2)(c2ccccc2)C(C)(C)C)O[C@@]2(CCC(C)(C)O2)[C@@H]1C. The Labute approximate surface area is 201 Å². The number of hydrogen-bond acceptors (Lipinski definition) is 3. The fourth-order valence-electron chi connectivity index (χ4n) is 5.98. The van der Waals surface area contributed by atoms with Gasteiger partial charge in [0, 0.05) is 18.3 Å². The lowest BCUT2D eigenvalue weighted by Gasteiger charge is -2.43. The average molecular weight is 465 g/mol. The molecule has 0 unspecified atom stereocenters. The van der Waals surface area contributed by atoms with Gasteiger partial charge in [0.25, 0.3) is 8.32 Å². The third-order valence-electron chi connectivity index (χ3n) is 7.73. The van der Waals surface area contributed by atoms with E-state index in [9.17, 15) is 0 Å². The van der Waals surface area contributed by atoms with Gasteiger partial charge in [0.2, 0.25) is 0 Å². The fraction of sp³-hybridized carbons (Fsp3) is 0.517. The Kier molecular flexibility index (Phi) is 6.51. The van der Waals surface area contributed by atoms with E-state index in [1.54, 1.807) is 0 Å². The van der Waals surface area contributed by atoms with E-state index in [2.05, 4.69) is 109 Å². The largest absolute Gasteiger partial charge is 0.405 e. The van der Waals surface area contributed by atoms with Crippen molar-refractivity contribution in [3.8, 4) is 0 Å². The summed E-state index contributed by atoms with van der Waals surface area (Å²) in [7, 11) is -2.62. The number of ether oxygens (including phenoxy) is 2. The molecule has 2 heterocycles. The lowest BCUT2D eigenvalue weighted by Crippen LogP contribution is -2.67.